The van der Waals surface area contributed by atoms with Crippen LogP contribution in [0.4, 0.5) is 10.1 Å². The average molecular weight is 285 g/mol. The molecule has 0 bridgehead atoms. The Morgan fingerprint density at radius 1 is 1.24 bits per heavy atom. The third kappa shape index (κ3) is 3.28. The molecule has 106 valence electrons. The number of rotatable bonds is 4. The number of primary amides is 1. The second-order valence-electron chi connectivity index (χ2n) is 4.30. The van der Waals surface area contributed by atoms with Crippen LogP contribution in [-0.2, 0) is 6.42 Å². The Kier molecular flexibility index (Phi) is 4.05. The number of nitrogens with zero attached hydrogens (tertiary/aromatic N) is 1. The number of benzene rings is 2. The number of nitriles is 1. The smallest absolute Gasteiger partial charge is 0.251 e. The maximum atomic E-state index is 13.6. The minimum atomic E-state index is -0.845. The highest BCUT2D eigenvalue weighted by atomic mass is 19.1. The van der Waals surface area contributed by atoms with E-state index in [2.05, 4.69) is 0 Å². The van der Waals surface area contributed by atoms with Gasteiger partial charge in [0, 0.05) is 11.8 Å². The Bertz CT molecular complexity index is 738. The summed E-state index contributed by atoms with van der Waals surface area (Å²) in [7, 11) is 0. The van der Waals surface area contributed by atoms with Gasteiger partial charge in [-0.3, -0.25) is 4.79 Å². The van der Waals surface area contributed by atoms with E-state index >= 15 is 0 Å². The Labute approximate surface area is 120 Å². The molecule has 0 heterocycles. The van der Waals surface area contributed by atoms with Crippen LogP contribution in [0.1, 0.15) is 15.9 Å². The molecule has 0 aliphatic rings. The second kappa shape index (κ2) is 5.92. The molecule has 0 aliphatic carbocycles. The van der Waals surface area contributed by atoms with Crippen molar-refractivity contribution in [1.29, 1.82) is 5.26 Å². The van der Waals surface area contributed by atoms with E-state index in [1.54, 1.807) is 18.2 Å². The van der Waals surface area contributed by atoms with Crippen LogP contribution in [0.3, 0.4) is 0 Å². The minimum absolute atomic E-state index is 0.151. The average Bonchev–Trinajstić information content (AvgIpc) is 2.42. The highest BCUT2D eigenvalue weighted by molar-refractivity contribution is 5.93. The van der Waals surface area contributed by atoms with Gasteiger partial charge in [0.25, 0.3) is 5.91 Å². The van der Waals surface area contributed by atoms with Gasteiger partial charge in [0.1, 0.15) is 17.3 Å². The van der Waals surface area contributed by atoms with Gasteiger partial charge in [-0.05, 0) is 35.9 Å². The topological polar surface area (TPSA) is 102 Å². The van der Waals surface area contributed by atoms with E-state index in [-0.39, 0.29) is 17.7 Å². The summed E-state index contributed by atoms with van der Waals surface area (Å²) in [6.07, 6.45) is 0.151. The lowest BCUT2D eigenvalue weighted by atomic mass is 10.1. The third-order valence-corrected chi connectivity index (χ3v) is 2.83. The molecule has 0 aromatic heterocycles. The number of carbonyl (C=O) groups excluding carboxylic acids is 1. The molecular weight excluding hydrogens is 273 g/mol. The van der Waals surface area contributed by atoms with Crippen molar-refractivity contribution in [3.05, 3.63) is 53.3 Å². The summed E-state index contributed by atoms with van der Waals surface area (Å²) < 4.78 is 19.1. The molecule has 2 rings (SSSR count). The van der Waals surface area contributed by atoms with Crippen LogP contribution in [-0.4, -0.2) is 5.91 Å². The summed E-state index contributed by atoms with van der Waals surface area (Å²) in [5, 5.41) is 8.70. The second-order valence-corrected chi connectivity index (χ2v) is 4.30. The van der Waals surface area contributed by atoms with E-state index in [0.29, 0.717) is 17.0 Å². The number of nitrogen functional groups attached to an aromatic ring is 1. The molecule has 0 fully saturated rings. The molecule has 0 radical (unpaired) electrons. The number of carbonyl (C=O) groups is 1. The number of anilines is 1. The van der Waals surface area contributed by atoms with Crippen molar-refractivity contribution < 1.29 is 13.9 Å². The Morgan fingerprint density at radius 2 is 1.90 bits per heavy atom. The van der Waals surface area contributed by atoms with Gasteiger partial charge in [-0.1, -0.05) is 0 Å². The van der Waals surface area contributed by atoms with Crippen molar-refractivity contribution in [3.8, 4) is 17.6 Å². The predicted octanol–water partition coefficient (Wildman–Crippen LogP) is 2.37. The zero-order valence-corrected chi connectivity index (χ0v) is 11.0. The number of amides is 1. The standard InChI is InChI=1S/C15H12FN3O2/c16-13-8-11(1-3-12(13)15(19)20)21-10-2-4-14(18)9(7-10)5-6-17/h1-4,7-8H,5,18H2,(H2,19,20). The van der Waals surface area contributed by atoms with Gasteiger partial charge in [-0.15, -0.1) is 0 Å². The third-order valence-electron chi connectivity index (χ3n) is 2.83. The van der Waals surface area contributed by atoms with Crippen LogP contribution in [0.15, 0.2) is 36.4 Å². The molecule has 4 N–H and O–H groups in total. The SMILES string of the molecule is N#CCc1cc(Oc2ccc(C(N)=O)c(F)c2)ccc1N. The van der Waals surface area contributed by atoms with E-state index < -0.39 is 11.7 Å². The molecule has 5 nitrogen and oxygen atoms in total. The zero-order valence-electron chi connectivity index (χ0n) is 11.0. The lowest BCUT2D eigenvalue weighted by Gasteiger charge is -2.09. The van der Waals surface area contributed by atoms with Crippen LogP contribution < -0.4 is 16.2 Å². The van der Waals surface area contributed by atoms with Crippen LogP contribution in [0.25, 0.3) is 0 Å². The summed E-state index contributed by atoms with van der Waals surface area (Å²) in [6.45, 7) is 0. The van der Waals surface area contributed by atoms with Crippen molar-refractivity contribution in [1.82, 2.24) is 0 Å². The molecule has 0 spiro atoms. The van der Waals surface area contributed by atoms with Crippen molar-refractivity contribution in [2.24, 2.45) is 5.73 Å². The molecule has 6 heteroatoms. The molecule has 2 aromatic rings. The van der Waals surface area contributed by atoms with Crippen molar-refractivity contribution >= 4 is 11.6 Å². The van der Waals surface area contributed by atoms with E-state index in [1.165, 1.54) is 12.1 Å². The first-order valence-electron chi connectivity index (χ1n) is 6.04. The van der Waals surface area contributed by atoms with Crippen LogP contribution in [0.2, 0.25) is 0 Å². The Morgan fingerprint density at radius 3 is 2.52 bits per heavy atom. The summed E-state index contributed by atoms with van der Waals surface area (Å²) in [5.41, 5.74) is 11.7. The largest absolute Gasteiger partial charge is 0.457 e. The molecule has 0 atom stereocenters. The fraction of sp³-hybridized carbons (Fsp3) is 0.0667. The molecule has 21 heavy (non-hydrogen) atoms. The normalized spacial score (nSPS) is 9.90. The summed E-state index contributed by atoms with van der Waals surface area (Å²) in [6, 6.07) is 10.6. The fourth-order valence-electron chi connectivity index (χ4n) is 1.78. The van der Waals surface area contributed by atoms with Gasteiger partial charge in [-0.2, -0.15) is 5.26 Å². The highest BCUT2D eigenvalue weighted by Crippen LogP contribution is 2.26. The van der Waals surface area contributed by atoms with Crippen molar-refractivity contribution in [3.63, 3.8) is 0 Å². The number of hydrogen-bond donors (Lipinski definition) is 2. The fourth-order valence-corrected chi connectivity index (χ4v) is 1.78. The summed E-state index contributed by atoms with van der Waals surface area (Å²) in [4.78, 5) is 10.9. The first-order valence-corrected chi connectivity index (χ1v) is 6.04. The molecule has 0 saturated heterocycles. The first kappa shape index (κ1) is 14.3. The summed E-state index contributed by atoms with van der Waals surface area (Å²) in [5.74, 6) is -0.971. The van der Waals surface area contributed by atoms with E-state index in [0.717, 1.165) is 6.07 Å². The molecule has 0 saturated carbocycles. The van der Waals surface area contributed by atoms with Gasteiger partial charge >= 0.3 is 0 Å². The quantitative estimate of drug-likeness (QED) is 0.842. The van der Waals surface area contributed by atoms with Gasteiger partial charge in [0.15, 0.2) is 0 Å². The maximum Gasteiger partial charge on any atom is 0.251 e. The van der Waals surface area contributed by atoms with Gasteiger partial charge < -0.3 is 16.2 Å². The first-order chi connectivity index (χ1) is 10.0. The van der Waals surface area contributed by atoms with Crippen LogP contribution in [0, 0.1) is 17.1 Å². The van der Waals surface area contributed by atoms with E-state index in [9.17, 15) is 9.18 Å². The lowest BCUT2D eigenvalue weighted by Crippen LogP contribution is -2.12. The molecule has 2 aromatic carbocycles. The number of hydrogen-bond acceptors (Lipinski definition) is 4. The number of ether oxygens (including phenoxy) is 1. The summed E-state index contributed by atoms with van der Waals surface area (Å²) >= 11 is 0. The molecule has 0 unspecified atom stereocenters. The van der Waals surface area contributed by atoms with Gasteiger partial charge in [0.05, 0.1) is 18.1 Å². The number of nitrogens with two attached hydrogens (primary N) is 2. The van der Waals surface area contributed by atoms with Crippen LogP contribution >= 0.6 is 0 Å². The minimum Gasteiger partial charge on any atom is -0.457 e. The number of halogens is 1. The highest BCUT2D eigenvalue weighted by Gasteiger charge is 2.10. The maximum absolute atomic E-state index is 13.6. The van der Waals surface area contributed by atoms with Crippen molar-refractivity contribution in [2.45, 2.75) is 6.42 Å². The van der Waals surface area contributed by atoms with Gasteiger partial charge in [-0.25, -0.2) is 4.39 Å². The van der Waals surface area contributed by atoms with Gasteiger partial charge in [0.2, 0.25) is 0 Å². The van der Waals surface area contributed by atoms with Crippen LogP contribution in [0.5, 0.6) is 11.5 Å². The van der Waals surface area contributed by atoms with E-state index in [1.807, 2.05) is 6.07 Å². The molecular formula is C15H12FN3O2. The van der Waals surface area contributed by atoms with Crippen molar-refractivity contribution in [2.75, 3.05) is 5.73 Å². The zero-order chi connectivity index (χ0) is 15.4. The monoisotopic (exact) mass is 285 g/mol. The molecule has 0 aliphatic heterocycles. The Balaban J connectivity index is 2.26. The predicted molar refractivity (Wildman–Crippen MR) is 75.2 cm³/mol. The Hall–Kier alpha value is -3.07. The van der Waals surface area contributed by atoms with E-state index in [4.69, 9.17) is 21.5 Å². The lowest BCUT2D eigenvalue weighted by molar-refractivity contribution is 0.0996. The molecule has 1 amide bonds.